The van der Waals surface area contributed by atoms with Crippen LogP contribution in [-0.2, 0) is 4.79 Å². The van der Waals surface area contributed by atoms with Crippen LogP contribution >= 0.6 is 15.9 Å². The number of hydrogen-bond donors (Lipinski definition) is 1. The van der Waals surface area contributed by atoms with E-state index in [1.54, 1.807) is 24.3 Å². The van der Waals surface area contributed by atoms with E-state index < -0.39 is 11.8 Å². The molecule has 0 bridgehead atoms. The molecule has 4 nitrogen and oxygen atoms in total. The number of fused-ring (bicyclic) bond motifs is 1. The van der Waals surface area contributed by atoms with Gasteiger partial charge in [0.2, 0.25) is 0 Å². The summed E-state index contributed by atoms with van der Waals surface area (Å²) in [5, 5.41) is 10.2. The molecule has 0 radical (unpaired) electrons. The van der Waals surface area contributed by atoms with Crippen molar-refractivity contribution in [1.82, 2.24) is 0 Å². The molecule has 0 aromatic heterocycles. The molecule has 18 heavy (non-hydrogen) atoms. The Morgan fingerprint density at radius 2 is 1.94 bits per heavy atom. The van der Waals surface area contributed by atoms with Gasteiger partial charge in [-0.15, -0.1) is 0 Å². The zero-order valence-electron chi connectivity index (χ0n) is 9.44. The van der Waals surface area contributed by atoms with E-state index in [1.807, 2.05) is 6.07 Å². The van der Waals surface area contributed by atoms with E-state index in [-0.39, 0.29) is 11.3 Å². The molecule has 0 aliphatic carbocycles. The molecule has 1 N–H and O–H groups in total. The van der Waals surface area contributed by atoms with E-state index >= 15 is 0 Å². The number of carbonyl (C=O) groups is 2. The summed E-state index contributed by atoms with van der Waals surface area (Å²) in [5.74, 6) is -2.21. The average Bonchev–Trinajstić information content (AvgIpc) is 2.36. The number of ketones is 1. The molecule has 0 amide bonds. The first kappa shape index (κ1) is 12.6. The van der Waals surface area contributed by atoms with Gasteiger partial charge < -0.3 is 9.84 Å². The largest absolute Gasteiger partial charge is 0.496 e. The molecular formula is C13H9BrO4. The first-order valence-corrected chi connectivity index (χ1v) is 5.87. The summed E-state index contributed by atoms with van der Waals surface area (Å²) in [6, 6.07) is 8.62. The Morgan fingerprint density at radius 3 is 2.56 bits per heavy atom. The molecule has 0 spiro atoms. The number of carboxylic acid groups (broad SMARTS) is 1. The summed E-state index contributed by atoms with van der Waals surface area (Å²) in [5.41, 5.74) is 0.0787. The molecule has 0 aliphatic rings. The van der Waals surface area contributed by atoms with Gasteiger partial charge in [-0.05, 0) is 29.0 Å². The summed E-state index contributed by atoms with van der Waals surface area (Å²) in [4.78, 5) is 22.6. The highest BCUT2D eigenvalue weighted by Crippen LogP contribution is 2.30. The Hall–Kier alpha value is -1.88. The van der Waals surface area contributed by atoms with Crippen LogP contribution in [0.25, 0.3) is 10.8 Å². The quantitative estimate of drug-likeness (QED) is 0.699. The molecule has 92 valence electrons. The van der Waals surface area contributed by atoms with Crippen molar-refractivity contribution in [1.29, 1.82) is 0 Å². The first-order valence-electron chi connectivity index (χ1n) is 5.08. The van der Waals surface area contributed by atoms with Crippen molar-refractivity contribution in [2.24, 2.45) is 0 Å². The van der Waals surface area contributed by atoms with Crippen molar-refractivity contribution in [3.05, 3.63) is 40.4 Å². The lowest BCUT2D eigenvalue weighted by atomic mass is 10.0. The predicted octanol–water partition coefficient (Wildman–Crippen LogP) is 2.88. The molecule has 0 unspecified atom stereocenters. The topological polar surface area (TPSA) is 63.6 Å². The van der Waals surface area contributed by atoms with E-state index in [2.05, 4.69) is 15.9 Å². The fourth-order valence-electron chi connectivity index (χ4n) is 1.79. The van der Waals surface area contributed by atoms with E-state index in [0.717, 1.165) is 9.86 Å². The highest BCUT2D eigenvalue weighted by molar-refractivity contribution is 9.10. The molecule has 0 heterocycles. The third-order valence-corrected chi connectivity index (χ3v) is 3.08. The normalized spacial score (nSPS) is 10.3. The minimum atomic E-state index is -1.50. The van der Waals surface area contributed by atoms with Gasteiger partial charge in [-0.2, -0.15) is 0 Å². The zero-order valence-corrected chi connectivity index (χ0v) is 11.0. The summed E-state index contributed by atoms with van der Waals surface area (Å²) in [6.45, 7) is 0. The Bertz CT molecular complexity index is 649. The molecule has 5 heteroatoms. The predicted molar refractivity (Wildman–Crippen MR) is 70.2 cm³/mol. The molecule has 0 saturated carbocycles. The van der Waals surface area contributed by atoms with Crippen molar-refractivity contribution in [3.63, 3.8) is 0 Å². The third kappa shape index (κ3) is 2.09. The van der Waals surface area contributed by atoms with E-state index in [1.165, 1.54) is 7.11 Å². The second-order valence-corrected chi connectivity index (χ2v) is 4.56. The summed E-state index contributed by atoms with van der Waals surface area (Å²) in [6.07, 6.45) is 0. The van der Waals surface area contributed by atoms with Crippen molar-refractivity contribution in [2.45, 2.75) is 0 Å². The SMILES string of the molecule is COc1ccc2cc(Br)ccc2c1C(=O)C(=O)O. The lowest BCUT2D eigenvalue weighted by molar-refractivity contribution is -0.131. The number of benzene rings is 2. The number of rotatable bonds is 3. The van der Waals surface area contributed by atoms with Crippen LogP contribution in [-0.4, -0.2) is 24.0 Å². The van der Waals surface area contributed by atoms with E-state index in [0.29, 0.717) is 5.39 Å². The third-order valence-electron chi connectivity index (χ3n) is 2.58. The van der Waals surface area contributed by atoms with Gasteiger partial charge in [-0.25, -0.2) is 4.79 Å². The number of hydrogen-bond acceptors (Lipinski definition) is 3. The van der Waals surface area contributed by atoms with Gasteiger partial charge in [0.1, 0.15) is 5.75 Å². The maximum absolute atomic E-state index is 11.7. The monoisotopic (exact) mass is 308 g/mol. The van der Waals surface area contributed by atoms with Crippen LogP contribution in [0.3, 0.4) is 0 Å². The smallest absolute Gasteiger partial charge is 0.377 e. The maximum Gasteiger partial charge on any atom is 0.377 e. The van der Waals surface area contributed by atoms with Crippen LogP contribution in [0.15, 0.2) is 34.8 Å². The molecule has 0 fully saturated rings. The number of methoxy groups -OCH3 is 1. The van der Waals surface area contributed by atoms with E-state index in [9.17, 15) is 9.59 Å². The van der Waals surface area contributed by atoms with Crippen molar-refractivity contribution < 1.29 is 19.4 Å². The molecular weight excluding hydrogens is 300 g/mol. The summed E-state index contributed by atoms with van der Waals surface area (Å²) >= 11 is 3.33. The minimum absolute atomic E-state index is 0.0787. The minimum Gasteiger partial charge on any atom is -0.496 e. The van der Waals surface area contributed by atoms with Crippen molar-refractivity contribution >= 4 is 38.5 Å². The van der Waals surface area contributed by atoms with Gasteiger partial charge in [0, 0.05) is 4.47 Å². The Morgan fingerprint density at radius 1 is 1.22 bits per heavy atom. The van der Waals surface area contributed by atoms with Gasteiger partial charge in [0.05, 0.1) is 12.7 Å². The van der Waals surface area contributed by atoms with Crippen LogP contribution in [0.5, 0.6) is 5.75 Å². The lowest BCUT2D eigenvalue weighted by Crippen LogP contribution is -2.14. The molecule has 2 aromatic carbocycles. The fraction of sp³-hybridized carbons (Fsp3) is 0.0769. The summed E-state index contributed by atoms with van der Waals surface area (Å²) in [7, 11) is 1.40. The van der Waals surface area contributed by atoms with Crippen LogP contribution in [0, 0.1) is 0 Å². The standard InChI is InChI=1S/C13H9BrO4/c1-18-10-5-2-7-6-8(14)3-4-9(7)11(10)12(15)13(16)17/h2-6H,1H3,(H,16,17). The van der Waals surface area contributed by atoms with Crippen LogP contribution < -0.4 is 4.74 Å². The Balaban J connectivity index is 2.81. The Labute approximate surface area is 111 Å². The number of carbonyl (C=O) groups excluding carboxylic acids is 1. The molecule has 0 aliphatic heterocycles. The molecule has 2 aromatic rings. The number of carboxylic acids is 1. The highest BCUT2D eigenvalue weighted by atomic mass is 79.9. The first-order chi connectivity index (χ1) is 8.54. The number of ether oxygens (including phenoxy) is 1. The van der Waals surface area contributed by atoms with Crippen LogP contribution in [0.2, 0.25) is 0 Å². The number of Topliss-reactive ketones (excluding diaryl/α,β-unsaturated/α-hetero) is 1. The van der Waals surface area contributed by atoms with Gasteiger partial charge in [-0.3, -0.25) is 4.79 Å². The molecule has 0 atom stereocenters. The Kier molecular flexibility index (Phi) is 3.34. The average molecular weight is 309 g/mol. The van der Waals surface area contributed by atoms with Crippen LogP contribution in [0.1, 0.15) is 10.4 Å². The zero-order chi connectivity index (χ0) is 13.3. The summed E-state index contributed by atoms with van der Waals surface area (Å²) < 4.78 is 5.91. The van der Waals surface area contributed by atoms with Crippen molar-refractivity contribution in [2.75, 3.05) is 7.11 Å². The van der Waals surface area contributed by atoms with Crippen molar-refractivity contribution in [3.8, 4) is 5.75 Å². The number of aliphatic carboxylic acids is 1. The molecule has 2 rings (SSSR count). The fourth-order valence-corrected chi connectivity index (χ4v) is 2.17. The van der Waals surface area contributed by atoms with Gasteiger partial charge in [-0.1, -0.05) is 28.1 Å². The van der Waals surface area contributed by atoms with E-state index in [4.69, 9.17) is 9.84 Å². The van der Waals surface area contributed by atoms with Gasteiger partial charge in [0.25, 0.3) is 5.78 Å². The lowest BCUT2D eigenvalue weighted by Gasteiger charge is -2.09. The second kappa shape index (κ2) is 4.78. The number of halogens is 1. The van der Waals surface area contributed by atoms with Crippen LogP contribution in [0.4, 0.5) is 0 Å². The van der Waals surface area contributed by atoms with Gasteiger partial charge in [0.15, 0.2) is 0 Å². The molecule has 0 saturated heterocycles. The van der Waals surface area contributed by atoms with Gasteiger partial charge >= 0.3 is 5.97 Å². The highest BCUT2D eigenvalue weighted by Gasteiger charge is 2.22. The maximum atomic E-state index is 11.7. The second-order valence-electron chi connectivity index (χ2n) is 3.64.